The molecule has 102 valence electrons. The predicted octanol–water partition coefficient (Wildman–Crippen LogP) is 0.209. The fourth-order valence-electron chi connectivity index (χ4n) is 1.90. The van der Waals surface area contributed by atoms with Crippen molar-refractivity contribution in [3.05, 3.63) is 44.9 Å². The Bertz CT molecular complexity index is 642. The number of nitrogens with one attached hydrogen (secondary N) is 1. The molecule has 0 spiro atoms. The van der Waals surface area contributed by atoms with Gasteiger partial charge in [-0.05, 0) is 6.92 Å². The van der Waals surface area contributed by atoms with Crippen molar-refractivity contribution < 1.29 is 14.3 Å². The molecule has 0 unspecified atom stereocenters. The number of hydrogen-bond donors (Lipinski definition) is 1. The zero-order valence-corrected chi connectivity index (χ0v) is 10.6. The average Bonchev–Trinajstić information content (AvgIpc) is 2.64. The van der Waals surface area contributed by atoms with Gasteiger partial charge in [0.15, 0.2) is 12.3 Å². The number of esters is 1. The SMILES string of the molecule is C=C1O[C@@H](n2cc(C)c(=O)[nH]c2=O)C[C@@H]1OC(C)=O. The molecule has 2 rings (SSSR count). The second-order valence-corrected chi connectivity index (χ2v) is 4.35. The fourth-order valence-corrected chi connectivity index (χ4v) is 1.90. The fraction of sp³-hybridized carbons (Fsp3) is 0.417. The molecule has 0 bridgehead atoms. The van der Waals surface area contributed by atoms with E-state index in [4.69, 9.17) is 9.47 Å². The van der Waals surface area contributed by atoms with E-state index >= 15 is 0 Å². The van der Waals surface area contributed by atoms with E-state index in [2.05, 4.69) is 11.6 Å². The van der Waals surface area contributed by atoms with Crippen LogP contribution in [-0.2, 0) is 14.3 Å². The molecular formula is C12H14N2O5. The standard InChI is InChI=1S/C12H14N2O5/c1-6-5-14(12(17)13-11(6)16)10-4-9(7(2)18-10)19-8(3)15/h5,9-10H,2,4H2,1,3H3,(H,13,16,17)/t9-,10+/m0/s1. The van der Waals surface area contributed by atoms with E-state index in [1.807, 2.05) is 0 Å². The molecule has 0 amide bonds. The molecule has 0 saturated carbocycles. The van der Waals surface area contributed by atoms with E-state index in [0.717, 1.165) is 0 Å². The van der Waals surface area contributed by atoms with Crippen molar-refractivity contribution in [1.29, 1.82) is 0 Å². The molecule has 1 aromatic rings. The van der Waals surface area contributed by atoms with Crippen LogP contribution in [0.15, 0.2) is 28.1 Å². The number of carbonyl (C=O) groups excluding carboxylic acids is 1. The molecule has 0 aliphatic carbocycles. The Morgan fingerprint density at radius 2 is 2.26 bits per heavy atom. The largest absolute Gasteiger partial charge is 0.471 e. The van der Waals surface area contributed by atoms with Crippen molar-refractivity contribution in [2.24, 2.45) is 0 Å². The first-order valence-electron chi connectivity index (χ1n) is 5.73. The van der Waals surface area contributed by atoms with Gasteiger partial charge in [0.25, 0.3) is 5.56 Å². The maximum Gasteiger partial charge on any atom is 0.331 e. The highest BCUT2D eigenvalue weighted by atomic mass is 16.6. The van der Waals surface area contributed by atoms with Crippen LogP contribution >= 0.6 is 0 Å². The van der Waals surface area contributed by atoms with Crippen LogP contribution in [0.25, 0.3) is 0 Å². The zero-order valence-electron chi connectivity index (χ0n) is 10.6. The molecule has 1 saturated heterocycles. The van der Waals surface area contributed by atoms with E-state index in [1.165, 1.54) is 17.7 Å². The second-order valence-electron chi connectivity index (χ2n) is 4.35. The average molecular weight is 266 g/mol. The Kier molecular flexibility index (Phi) is 3.28. The molecule has 2 atom stereocenters. The van der Waals surface area contributed by atoms with Crippen molar-refractivity contribution in [3.8, 4) is 0 Å². The summed E-state index contributed by atoms with van der Waals surface area (Å²) in [5.41, 5.74) is -0.615. The van der Waals surface area contributed by atoms with Crippen LogP contribution in [0.2, 0.25) is 0 Å². The molecule has 7 nitrogen and oxygen atoms in total. The summed E-state index contributed by atoms with van der Waals surface area (Å²) in [4.78, 5) is 36.1. The Morgan fingerprint density at radius 1 is 1.58 bits per heavy atom. The van der Waals surface area contributed by atoms with Crippen molar-refractivity contribution in [2.45, 2.75) is 32.6 Å². The highest BCUT2D eigenvalue weighted by Gasteiger charge is 2.33. The van der Waals surface area contributed by atoms with Gasteiger partial charge >= 0.3 is 11.7 Å². The topological polar surface area (TPSA) is 90.4 Å². The highest BCUT2D eigenvalue weighted by molar-refractivity contribution is 5.66. The molecule has 0 radical (unpaired) electrons. The molecule has 2 heterocycles. The number of aryl methyl sites for hydroxylation is 1. The first-order chi connectivity index (χ1) is 8.88. The summed E-state index contributed by atoms with van der Waals surface area (Å²) >= 11 is 0. The number of aromatic amines is 1. The molecule has 19 heavy (non-hydrogen) atoms. The van der Waals surface area contributed by atoms with Gasteiger partial charge in [0.1, 0.15) is 5.76 Å². The number of nitrogens with zero attached hydrogens (tertiary/aromatic N) is 1. The van der Waals surface area contributed by atoms with Gasteiger partial charge in [0.2, 0.25) is 0 Å². The normalized spacial score (nSPS) is 22.1. The van der Waals surface area contributed by atoms with Crippen LogP contribution in [0.3, 0.4) is 0 Å². The van der Waals surface area contributed by atoms with Crippen LogP contribution in [0, 0.1) is 6.92 Å². The van der Waals surface area contributed by atoms with Gasteiger partial charge in [0, 0.05) is 25.1 Å². The number of aromatic nitrogens is 2. The van der Waals surface area contributed by atoms with E-state index in [0.29, 0.717) is 5.56 Å². The van der Waals surface area contributed by atoms with E-state index < -0.39 is 29.6 Å². The van der Waals surface area contributed by atoms with E-state index in [1.54, 1.807) is 6.92 Å². The lowest BCUT2D eigenvalue weighted by atomic mass is 10.2. The third-order valence-corrected chi connectivity index (χ3v) is 2.83. The smallest absolute Gasteiger partial charge is 0.331 e. The van der Waals surface area contributed by atoms with E-state index in [9.17, 15) is 14.4 Å². The summed E-state index contributed by atoms with van der Waals surface area (Å²) in [6.45, 7) is 6.52. The van der Waals surface area contributed by atoms with Crippen molar-refractivity contribution in [1.82, 2.24) is 9.55 Å². The van der Waals surface area contributed by atoms with Gasteiger partial charge in [-0.1, -0.05) is 6.58 Å². The maximum atomic E-state index is 11.7. The molecule has 1 N–H and O–H groups in total. The monoisotopic (exact) mass is 266 g/mol. The van der Waals surface area contributed by atoms with Gasteiger partial charge < -0.3 is 9.47 Å². The van der Waals surface area contributed by atoms with Crippen LogP contribution < -0.4 is 11.2 Å². The Hall–Kier alpha value is -2.31. The predicted molar refractivity (Wildman–Crippen MR) is 65.5 cm³/mol. The molecule has 1 aliphatic heterocycles. The highest BCUT2D eigenvalue weighted by Crippen LogP contribution is 2.31. The van der Waals surface area contributed by atoms with Gasteiger partial charge in [-0.25, -0.2) is 4.79 Å². The third kappa shape index (κ3) is 2.59. The van der Waals surface area contributed by atoms with Crippen LogP contribution in [0.4, 0.5) is 0 Å². The van der Waals surface area contributed by atoms with Gasteiger partial charge in [-0.2, -0.15) is 0 Å². The summed E-state index contributed by atoms with van der Waals surface area (Å²) in [5.74, 6) is -0.156. The quantitative estimate of drug-likeness (QED) is 0.773. The maximum absolute atomic E-state index is 11.7. The Labute approximate surface area is 108 Å². The number of ether oxygens (including phenoxy) is 2. The molecule has 1 aromatic heterocycles. The number of H-pyrrole nitrogens is 1. The van der Waals surface area contributed by atoms with E-state index in [-0.39, 0.29) is 12.2 Å². The van der Waals surface area contributed by atoms with Crippen molar-refractivity contribution >= 4 is 5.97 Å². The molecular weight excluding hydrogens is 252 g/mol. The van der Waals surface area contributed by atoms with Gasteiger partial charge in [-0.15, -0.1) is 0 Å². The summed E-state index contributed by atoms with van der Waals surface area (Å²) in [7, 11) is 0. The lowest BCUT2D eigenvalue weighted by Crippen LogP contribution is -2.33. The number of hydrogen-bond acceptors (Lipinski definition) is 5. The number of rotatable bonds is 2. The summed E-state index contributed by atoms with van der Waals surface area (Å²) in [6.07, 6.45) is 0.473. The number of carbonyl (C=O) groups is 1. The third-order valence-electron chi connectivity index (χ3n) is 2.83. The minimum atomic E-state index is -0.639. The lowest BCUT2D eigenvalue weighted by molar-refractivity contribution is -0.144. The van der Waals surface area contributed by atoms with Crippen molar-refractivity contribution in [2.75, 3.05) is 0 Å². The summed E-state index contributed by atoms with van der Waals surface area (Å²) < 4.78 is 11.7. The first-order valence-corrected chi connectivity index (χ1v) is 5.73. The minimum absolute atomic E-state index is 0.282. The Morgan fingerprint density at radius 3 is 2.89 bits per heavy atom. The van der Waals surface area contributed by atoms with Crippen LogP contribution in [0.5, 0.6) is 0 Å². The Balaban J connectivity index is 2.28. The first kappa shape index (κ1) is 13.1. The minimum Gasteiger partial charge on any atom is -0.471 e. The second kappa shape index (κ2) is 4.75. The lowest BCUT2D eigenvalue weighted by Gasteiger charge is -2.13. The molecule has 1 aliphatic rings. The van der Waals surface area contributed by atoms with Gasteiger partial charge in [-0.3, -0.25) is 19.1 Å². The van der Waals surface area contributed by atoms with Gasteiger partial charge in [0.05, 0.1) is 0 Å². The van der Waals surface area contributed by atoms with Crippen LogP contribution in [-0.4, -0.2) is 21.6 Å². The molecule has 1 fully saturated rings. The summed E-state index contributed by atoms with van der Waals surface area (Å²) in [6, 6.07) is 0. The van der Waals surface area contributed by atoms with Crippen LogP contribution in [0.1, 0.15) is 25.1 Å². The zero-order chi connectivity index (χ0) is 14.2. The molecule has 7 heteroatoms. The van der Waals surface area contributed by atoms with Crippen molar-refractivity contribution in [3.63, 3.8) is 0 Å². The summed E-state index contributed by atoms with van der Waals surface area (Å²) in [5, 5.41) is 0. The molecule has 0 aromatic carbocycles.